The summed E-state index contributed by atoms with van der Waals surface area (Å²) in [6, 6.07) is 11.1. The zero-order valence-electron chi connectivity index (χ0n) is 14.0. The van der Waals surface area contributed by atoms with Gasteiger partial charge in [0.25, 0.3) is 11.8 Å². The van der Waals surface area contributed by atoms with Crippen LogP contribution in [0.4, 0.5) is 13.2 Å². The van der Waals surface area contributed by atoms with E-state index < -0.39 is 12.3 Å². The molecule has 0 unspecified atom stereocenters. The van der Waals surface area contributed by atoms with Crippen LogP contribution < -0.4 is 10.1 Å². The number of carbonyl (C=O) groups excluding carboxylic acids is 1. The second-order valence-electron chi connectivity index (χ2n) is 5.42. The van der Waals surface area contributed by atoms with Crippen molar-refractivity contribution in [2.45, 2.75) is 6.36 Å². The van der Waals surface area contributed by atoms with Crippen LogP contribution in [0.15, 0.2) is 59.5 Å². The summed E-state index contributed by atoms with van der Waals surface area (Å²) in [7, 11) is 0. The Hall–Kier alpha value is -3.33. The van der Waals surface area contributed by atoms with E-state index in [-0.39, 0.29) is 23.2 Å². The Morgan fingerprint density at radius 1 is 1.07 bits per heavy atom. The van der Waals surface area contributed by atoms with Gasteiger partial charge in [-0.25, -0.2) is 0 Å². The molecule has 0 atom stereocenters. The Kier molecular flexibility index (Phi) is 5.36. The standard InChI is InChI=1S/C18H11ClF3N3O3/c1-10(23-15(26)11-2-6-13(19)7-3-11)16-24-25-17(27-16)12-4-8-14(9-5-12)28-18(20,21)22/h2-9H,1H2,(H,23,26). The predicted octanol–water partition coefficient (Wildman–Crippen LogP) is 4.69. The number of amides is 1. The number of rotatable bonds is 5. The predicted molar refractivity (Wildman–Crippen MR) is 94.4 cm³/mol. The van der Waals surface area contributed by atoms with Gasteiger partial charge in [-0.1, -0.05) is 18.2 Å². The highest BCUT2D eigenvalue weighted by molar-refractivity contribution is 6.30. The normalized spacial score (nSPS) is 11.1. The van der Waals surface area contributed by atoms with Crippen LogP contribution in [-0.4, -0.2) is 22.5 Å². The number of carbonyl (C=O) groups is 1. The molecule has 0 radical (unpaired) electrons. The van der Waals surface area contributed by atoms with E-state index in [4.69, 9.17) is 16.0 Å². The maximum absolute atomic E-state index is 12.2. The lowest BCUT2D eigenvalue weighted by Gasteiger charge is -2.08. The zero-order valence-corrected chi connectivity index (χ0v) is 14.7. The summed E-state index contributed by atoms with van der Waals surface area (Å²) in [5, 5.41) is 10.6. The molecule has 0 bridgehead atoms. The Labute approximate surface area is 161 Å². The number of halogens is 4. The zero-order chi connectivity index (χ0) is 20.3. The van der Waals surface area contributed by atoms with Gasteiger partial charge in [0.05, 0.1) is 5.70 Å². The number of hydrogen-bond acceptors (Lipinski definition) is 5. The van der Waals surface area contributed by atoms with Crippen LogP contribution in [0, 0.1) is 0 Å². The van der Waals surface area contributed by atoms with E-state index in [0.29, 0.717) is 16.1 Å². The number of aromatic nitrogens is 2. The molecular formula is C18H11ClF3N3O3. The Bertz CT molecular complexity index is 999. The van der Waals surface area contributed by atoms with Crippen LogP contribution >= 0.6 is 11.6 Å². The molecule has 3 aromatic rings. The number of alkyl halides is 3. The van der Waals surface area contributed by atoms with Gasteiger partial charge in [-0.15, -0.1) is 23.4 Å². The second kappa shape index (κ2) is 7.73. The summed E-state index contributed by atoms with van der Waals surface area (Å²) in [5.74, 6) is -0.839. The summed E-state index contributed by atoms with van der Waals surface area (Å²) >= 11 is 5.77. The second-order valence-corrected chi connectivity index (χ2v) is 5.86. The molecule has 0 aliphatic carbocycles. The molecule has 0 saturated heterocycles. The van der Waals surface area contributed by atoms with Crippen LogP contribution in [0.3, 0.4) is 0 Å². The topological polar surface area (TPSA) is 77.2 Å². The fraction of sp³-hybridized carbons (Fsp3) is 0.0556. The average Bonchev–Trinajstić information content (AvgIpc) is 3.12. The fourth-order valence-corrected chi connectivity index (χ4v) is 2.25. The van der Waals surface area contributed by atoms with Gasteiger partial charge in [-0.3, -0.25) is 4.79 Å². The van der Waals surface area contributed by atoms with Crippen LogP contribution in [0.1, 0.15) is 16.2 Å². The summed E-state index contributed by atoms with van der Waals surface area (Å²) in [4.78, 5) is 12.2. The van der Waals surface area contributed by atoms with Crippen molar-refractivity contribution in [3.05, 3.63) is 71.6 Å². The molecule has 1 aromatic heterocycles. The van der Waals surface area contributed by atoms with E-state index in [9.17, 15) is 18.0 Å². The molecule has 3 rings (SSSR count). The molecule has 0 saturated carbocycles. The van der Waals surface area contributed by atoms with Gasteiger partial charge in [-0.2, -0.15) is 0 Å². The van der Waals surface area contributed by atoms with Crippen molar-refractivity contribution in [2.75, 3.05) is 0 Å². The number of benzene rings is 2. The monoisotopic (exact) mass is 409 g/mol. The van der Waals surface area contributed by atoms with E-state index in [0.717, 1.165) is 12.1 Å². The van der Waals surface area contributed by atoms with E-state index in [1.165, 1.54) is 24.3 Å². The molecule has 0 aliphatic rings. The summed E-state index contributed by atoms with van der Waals surface area (Å²) in [6.45, 7) is 3.67. The molecule has 10 heteroatoms. The van der Waals surface area contributed by atoms with E-state index in [2.05, 4.69) is 26.8 Å². The lowest BCUT2D eigenvalue weighted by Crippen LogP contribution is -2.21. The Balaban J connectivity index is 1.68. The van der Waals surface area contributed by atoms with Gasteiger partial charge in [0.1, 0.15) is 5.75 Å². The first-order chi connectivity index (χ1) is 13.2. The molecule has 0 aliphatic heterocycles. The van der Waals surface area contributed by atoms with Gasteiger partial charge in [-0.05, 0) is 48.5 Å². The first-order valence-electron chi connectivity index (χ1n) is 7.67. The lowest BCUT2D eigenvalue weighted by molar-refractivity contribution is -0.274. The minimum absolute atomic E-state index is 0.0375. The third kappa shape index (κ3) is 4.89. The summed E-state index contributed by atoms with van der Waals surface area (Å²) in [5.41, 5.74) is 0.784. The molecule has 0 spiro atoms. The van der Waals surface area contributed by atoms with Gasteiger partial charge in [0.15, 0.2) is 0 Å². The third-order valence-corrected chi connectivity index (χ3v) is 3.64. The smallest absolute Gasteiger partial charge is 0.415 e. The number of hydrogen-bond donors (Lipinski definition) is 1. The fourth-order valence-electron chi connectivity index (χ4n) is 2.12. The van der Waals surface area contributed by atoms with Gasteiger partial charge in [0, 0.05) is 16.1 Å². The molecule has 28 heavy (non-hydrogen) atoms. The first kappa shape index (κ1) is 19.4. The number of ether oxygens (including phenoxy) is 1. The average molecular weight is 410 g/mol. The minimum Gasteiger partial charge on any atom is -0.415 e. The highest BCUT2D eigenvalue weighted by Crippen LogP contribution is 2.26. The maximum Gasteiger partial charge on any atom is 0.573 e. The highest BCUT2D eigenvalue weighted by atomic mass is 35.5. The van der Waals surface area contributed by atoms with Gasteiger partial charge < -0.3 is 14.5 Å². The van der Waals surface area contributed by atoms with Crippen LogP contribution in [0.2, 0.25) is 5.02 Å². The number of nitrogens with zero attached hydrogens (tertiary/aromatic N) is 2. The van der Waals surface area contributed by atoms with E-state index >= 15 is 0 Å². The van der Waals surface area contributed by atoms with Gasteiger partial charge in [0.2, 0.25) is 5.89 Å². The molecule has 6 nitrogen and oxygen atoms in total. The third-order valence-electron chi connectivity index (χ3n) is 3.39. The lowest BCUT2D eigenvalue weighted by atomic mass is 10.2. The highest BCUT2D eigenvalue weighted by Gasteiger charge is 2.31. The molecule has 0 fully saturated rings. The maximum atomic E-state index is 12.2. The molecule has 1 amide bonds. The first-order valence-corrected chi connectivity index (χ1v) is 8.05. The molecule has 2 aromatic carbocycles. The van der Waals surface area contributed by atoms with Crippen LogP contribution in [0.5, 0.6) is 5.75 Å². The molecule has 144 valence electrons. The SMILES string of the molecule is C=C(NC(=O)c1ccc(Cl)cc1)c1nnc(-c2ccc(OC(F)(F)F)cc2)o1. The minimum atomic E-state index is -4.78. The Morgan fingerprint density at radius 2 is 1.71 bits per heavy atom. The summed E-state index contributed by atoms with van der Waals surface area (Å²) < 4.78 is 45.8. The van der Waals surface area contributed by atoms with Crippen molar-refractivity contribution in [2.24, 2.45) is 0 Å². The molecule has 1 heterocycles. The van der Waals surface area contributed by atoms with E-state index in [1.54, 1.807) is 12.1 Å². The molecular weight excluding hydrogens is 399 g/mol. The number of nitrogens with one attached hydrogen (secondary N) is 1. The van der Waals surface area contributed by atoms with Crippen LogP contribution in [-0.2, 0) is 0 Å². The largest absolute Gasteiger partial charge is 0.573 e. The van der Waals surface area contributed by atoms with Crippen molar-refractivity contribution in [1.82, 2.24) is 15.5 Å². The van der Waals surface area contributed by atoms with Crippen molar-refractivity contribution in [1.29, 1.82) is 0 Å². The quantitative estimate of drug-likeness (QED) is 0.661. The van der Waals surface area contributed by atoms with Crippen molar-refractivity contribution >= 4 is 23.2 Å². The van der Waals surface area contributed by atoms with Crippen LogP contribution in [0.25, 0.3) is 17.2 Å². The summed E-state index contributed by atoms with van der Waals surface area (Å²) in [6.07, 6.45) is -4.78. The van der Waals surface area contributed by atoms with Crippen molar-refractivity contribution in [3.63, 3.8) is 0 Å². The van der Waals surface area contributed by atoms with Crippen molar-refractivity contribution < 1.29 is 27.1 Å². The van der Waals surface area contributed by atoms with Crippen molar-refractivity contribution in [3.8, 4) is 17.2 Å². The van der Waals surface area contributed by atoms with E-state index in [1.807, 2.05) is 0 Å². The van der Waals surface area contributed by atoms with Gasteiger partial charge >= 0.3 is 6.36 Å². The molecule has 1 N–H and O–H groups in total. The Morgan fingerprint density at radius 3 is 2.32 bits per heavy atom.